The van der Waals surface area contributed by atoms with Gasteiger partial charge in [-0.05, 0) is 18.2 Å². The number of likely N-dealkylation sites (N-methyl/N-ethyl adjacent to an activating group) is 1. The predicted octanol–water partition coefficient (Wildman–Crippen LogP) is -0.681. The smallest absolute Gasteiger partial charge is 0.211 e. The third kappa shape index (κ3) is 3.58. The zero-order valence-electron chi connectivity index (χ0n) is 15.1. The van der Waals surface area contributed by atoms with E-state index in [0.29, 0.717) is 11.3 Å². The van der Waals surface area contributed by atoms with E-state index in [1.807, 2.05) is 6.07 Å². The number of ether oxygens (including phenoxy) is 1. The number of aliphatic hydroxyl groups is 4. The monoisotopic (exact) mass is 387 g/mol. The van der Waals surface area contributed by atoms with Gasteiger partial charge in [0.1, 0.15) is 36.1 Å². The van der Waals surface area contributed by atoms with Gasteiger partial charge in [0, 0.05) is 18.3 Å². The Morgan fingerprint density at radius 1 is 1.43 bits per heavy atom. The van der Waals surface area contributed by atoms with Gasteiger partial charge < -0.3 is 35.4 Å². The molecule has 0 amide bonds. The summed E-state index contributed by atoms with van der Waals surface area (Å²) in [5.74, 6) is -0.113. The van der Waals surface area contributed by atoms with Crippen molar-refractivity contribution in [1.29, 1.82) is 5.26 Å². The zero-order chi connectivity index (χ0) is 20.4. The highest BCUT2D eigenvalue weighted by Crippen LogP contribution is 2.30. The van der Waals surface area contributed by atoms with Crippen molar-refractivity contribution in [3.63, 3.8) is 0 Å². The van der Waals surface area contributed by atoms with Gasteiger partial charge in [0.05, 0.1) is 18.8 Å². The molecule has 1 aromatic rings. The van der Waals surface area contributed by atoms with Gasteiger partial charge in [0.15, 0.2) is 0 Å². The fourth-order valence-corrected chi connectivity index (χ4v) is 3.15. The summed E-state index contributed by atoms with van der Waals surface area (Å²) in [5, 5.41) is 51.0. The van der Waals surface area contributed by atoms with Crippen molar-refractivity contribution >= 4 is 11.5 Å². The summed E-state index contributed by atoms with van der Waals surface area (Å²) in [7, 11) is 1.63. The lowest BCUT2D eigenvalue weighted by Crippen LogP contribution is -2.47. The number of nitrogens with zero attached hydrogens (tertiary/aromatic N) is 2. The first-order chi connectivity index (χ1) is 13.4. The second kappa shape index (κ2) is 8.00. The molecular formula is C19H21N3O6. The minimum absolute atomic E-state index is 0.0676. The Labute approximate surface area is 161 Å². The van der Waals surface area contributed by atoms with Gasteiger partial charge in [0.25, 0.3) is 0 Å². The quantitative estimate of drug-likeness (QED) is 0.327. The molecule has 148 valence electrons. The van der Waals surface area contributed by atoms with E-state index in [-0.39, 0.29) is 29.5 Å². The number of ketones is 1. The Morgan fingerprint density at radius 2 is 2.14 bits per heavy atom. The molecule has 1 fully saturated rings. The molecule has 5 N–H and O–H groups in total. The van der Waals surface area contributed by atoms with E-state index < -0.39 is 31.0 Å². The van der Waals surface area contributed by atoms with Crippen LogP contribution in [-0.4, -0.2) is 75.7 Å². The van der Waals surface area contributed by atoms with Crippen LogP contribution in [0.15, 0.2) is 47.5 Å². The van der Waals surface area contributed by atoms with Crippen LogP contribution < -0.4 is 5.32 Å². The van der Waals surface area contributed by atoms with Gasteiger partial charge in [-0.2, -0.15) is 5.26 Å². The first-order valence-electron chi connectivity index (χ1n) is 8.67. The van der Waals surface area contributed by atoms with E-state index in [4.69, 9.17) is 9.84 Å². The highest BCUT2D eigenvalue weighted by molar-refractivity contribution is 6.18. The lowest BCUT2D eigenvalue weighted by molar-refractivity contribution is -0.110. The van der Waals surface area contributed by atoms with Gasteiger partial charge in [-0.3, -0.25) is 4.79 Å². The summed E-state index contributed by atoms with van der Waals surface area (Å²) in [6, 6.07) is 8.96. The van der Waals surface area contributed by atoms with Crippen LogP contribution in [0.4, 0.5) is 5.69 Å². The largest absolute Gasteiger partial charge is 0.470 e. The second-order valence-electron chi connectivity index (χ2n) is 6.66. The third-order valence-electron chi connectivity index (χ3n) is 4.70. The van der Waals surface area contributed by atoms with Gasteiger partial charge >= 0.3 is 0 Å². The molecule has 0 saturated carbocycles. The molecule has 1 aromatic carbocycles. The van der Waals surface area contributed by atoms with Crippen LogP contribution in [0, 0.1) is 11.3 Å². The molecule has 28 heavy (non-hydrogen) atoms. The summed E-state index contributed by atoms with van der Waals surface area (Å²) < 4.78 is 5.62. The van der Waals surface area contributed by atoms with Gasteiger partial charge in [-0.25, -0.2) is 0 Å². The van der Waals surface area contributed by atoms with Crippen LogP contribution in [0.2, 0.25) is 0 Å². The van der Waals surface area contributed by atoms with Crippen LogP contribution in [0.3, 0.4) is 0 Å². The van der Waals surface area contributed by atoms with Crippen molar-refractivity contribution < 1.29 is 30.0 Å². The summed E-state index contributed by atoms with van der Waals surface area (Å²) in [4.78, 5) is 14.0. The third-order valence-corrected chi connectivity index (χ3v) is 4.70. The molecule has 1 saturated heterocycles. The van der Waals surface area contributed by atoms with E-state index in [2.05, 4.69) is 5.32 Å². The lowest BCUT2D eigenvalue weighted by Gasteiger charge is -2.24. The van der Waals surface area contributed by atoms with Crippen LogP contribution >= 0.6 is 0 Å². The van der Waals surface area contributed by atoms with Gasteiger partial charge in [-0.1, -0.05) is 12.1 Å². The average molecular weight is 387 g/mol. The number of carbonyl (C=O) groups is 1. The van der Waals surface area contributed by atoms with Crippen molar-refractivity contribution in [2.75, 3.05) is 25.5 Å². The van der Waals surface area contributed by atoms with Crippen LogP contribution in [0.5, 0.6) is 0 Å². The van der Waals surface area contributed by atoms with Crippen molar-refractivity contribution in [3.8, 4) is 6.07 Å². The molecular weight excluding hydrogens is 366 g/mol. The predicted molar refractivity (Wildman–Crippen MR) is 97.7 cm³/mol. The first-order valence-corrected chi connectivity index (χ1v) is 8.67. The van der Waals surface area contributed by atoms with E-state index in [0.717, 1.165) is 0 Å². The Kier molecular flexibility index (Phi) is 5.67. The lowest BCUT2D eigenvalue weighted by atomic mass is 10.0. The maximum atomic E-state index is 12.5. The summed E-state index contributed by atoms with van der Waals surface area (Å²) in [6.07, 6.45) is -4.16. The molecule has 2 aliphatic rings. The van der Waals surface area contributed by atoms with Gasteiger partial charge in [-0.15, -0.1) is 0 Å². The topological polar surface area (TPSA) is 146 Å². The Morgan fingerprint density at radius 3 is 2.79 bits per heavy atom. The van der Waals surface area contributed by atoms with E-state index in [1.54, 1.807) is 36.2 Å². The number of hydrogen-bond donors (Lipinski definition) is 5. The standard InChI is InChI=1S/C19H21N3O6/c1-22-8-15(18(27)17(26)14(24)9-23)28-19(22)10(7-20)6-13-16(25)11-4-2-3-5-12(11)21-13/h2-6,14-15,17-18,21,23-24,26-27H,8-9H2,1H3. The summed E-state index contributed by atoms with van der Waals surface area (Å²) >= 11 is 0. The van der Waals surface area contributed by atoms with E-state index in [9.17, 15) is 25.4 Å². The molecule has 4 atom stereocenters. The summed E-state index contributed by atoms with van der Waals surface area (Å²) in [6.45, 7) is -0.574. The maximum Gasteiger partial charge on any atom is 0.211 e. The first kappa shape index (κ1) is 19.9. The number of para-hydroxylation sites is 1. The van der Waals surface area contributed by atoms with Crippen molar-refractivity contribution in [3.05, 3.63) is 53.1 Å². The van der Waals surface area contributed by atoms with Crippen LogP contribution in [0.25, 0.3) is 0 Å². The van der Waals surface area contributed by atoms with Crippen LogP contribution in [-0.2, 0) is 4.74 Å². The van der Waals surface area contributed by atoms with Crippen LogP contribution in [0.1, 0.15) is 10.4 Å². The number of rotatable bonds is 5. The molecule has 2 aliphatic heterocycles. The minimum atomic E-state index is -1.61. The number of anilines is 1. The van der Waals surface area contributed by atoms with Gasteiger partial charge in [0.2, 0.25) is 11.7 Å². The zero-order valence-corrected chi connectivity index (χ0v) is 15.1. The number of hydrogen-bond acceptors (Lipinski definition) is 9. The number of Topliss-reactive ketones (excluding diaryl/α,β-unsaturated/α-hetero) is 1. The Bertz CT molecular complexity index is 875. The van der Waals surface area contributed by atoms with Crippen molar-refractivity contribution in [2.45, 2.75) is 24.4 Å². The fourth-order valence-electron chi connectivity index (χ4n) is 3.15. The molecule has 0 aliphatic carbocycles. The molecule has 9 heteroatoms. The average Bonchev–Trinajstić information content (AvgIpc) is 3.24. The number of carbonyl (C=O) groups excluding carboxylic acids is 1. The normalized spacial score (nSPS) is 24.9. The van der Waals surface area contributed by atoms with Crippen molar-refractivity contribution in [2.24, 2.45) is 0 Å². The molecule has 2 heterocycles. The number of nitriles is 1. The molecule has 3 rings (SSSR count). The fraction of sp³-hybridized carbons (Fsp3) is 0.368. The molecule has 4 unspecified atom stereocenters. The highest BCUT2D eigenvalue weighted by Gasteiger charge is 2.39. The molecule has 0 radical (unpaired) electrons. The molecule has 9 nitrogen and oxygen atoms in total. The molecule has 0 spiro atoms. The van der Waals surface area contributed by atoms with E-state index >= 15 is 0 Å². The number of allylic oxidation sites excluding steroid dienone is 3. The molecule has 0 aromatic heterocycles. The Hall–Kier alpha value is -2.90. The summed E-state index contributed by atoms with van der Waals surface area (Å²) in [5.41, 5.74) is 1.45. The maximum absolute atomic E-state index is 12.5. The van der Waals surface area contributed by atoms with Crippen molar-refractivity contribution in [1.82, 2.24) is 4.90 Å². The number of aliphatic hydroxyl groups excluding tert-OH is 4. The Balaban J connectivity index is 1.84. The highest BCUT2D eigenvalue weighted by atomic mass is 16.5. The number of nitrogens with one attached hydrogen (secondary N) is 1. The van der Waals surface area contributed by atoms with E-state index in [1.165, 1.54) is 6.08 Å². The molecule has 0 bridgehead atoms. The number of benzene rings is 1. The second-order valence-corrected chi connectivity index (χ2v) is 6.66. The minimum Gasteiger partial charge on any atom is -0.470 e. The number of fused-ring (bicyclic) bond motifs is 1. The SMILES string of the molecule is CN1CC(C(O)C(O)C(O)CO)OC1=C(C#N)C=C1Nc2ccccc2C1=O.